The van der Waals surface area contributed by atoms with Crippen molar-refractivity contribution in [1.82, 2.24) is 5.32 Å². The zero-order valence-electron chi connectivity index (χ0n) is 8.63. The number of nitrogens with one attached hydrogen (secondary N) is 1. The van der Waals surface area contributed by atoms with E-state index < -0.39 is 12.1 Å². The van der Waals surface area contributed by atoms with E-state index >= 15 is 0 Å². The summed E-state index contributed by atoms with van der Waals surface area (Å²) in [6.45, 7) is 0. The normalized spacial score (nSPS) is 24.9. The van der Waals surface area contributed by atoms with Crippen molar-refractivity contribution >= 4 is 5.91 Å². The number of nitro groups is 1. The maximum Gasteiger partial charge on any atom is 0.237 e. The van der Waals surface area contributed by atoms with Gasteiger partial charge in [0.05, 0.1) is 0 Å². The minimum absolute atomic E-state index is 0.119. The van der Waals surface area contributed by atoms with Crippen LogP contribution in [0.25, 0.3) is 0 Å². The van der Waals surface area contributed by atoms with Crippen LogP contribution in [0, 0.1) is 10.1 Å². The molecule has 0 radical (unpaired) electrons. The number of nitrogens with zero attached hydrogens (tertiary/aromatic N) is 1. The molecule has 0 aromatic heterocycles. The molecule has 1 aliphatic rings. The average molecular weight is 220 g/mol. The minimum Gasteiger partial charge on any atom is -0.343 e. The molecule has 2 rings (SSSR count). The van der Waals surface area contributed by atoms with Crippen molar-refractivity contribution in [2.24, 2.45) is 0 Å². The Bertz CT molecular complexity index is 405. The van der Waals surface area contributed by atoms with Gasteiger partial charge in [-0.3, -0.25) is 14.9 Å². The highest BCUT2D eigenvalue weighted by atomic mass is 16.6. The van der Waals surface area contributed by atoms with Crippen molar-refractivity contribution in [2.45, 2.75) is 24.9 Å². The molecule has 1 N–H and O–H groups in total. The number of amides is 1. The third-order valence-electron chi connectivity index (χ3n) is 2.80. The van der Waals surface area contributed by atoms with Crippen LogP contribution in [-0.4, -0.2) is 16.9 Å². The Balaban J connectivity index is 2.27. The first kappa shape index (κ1) is 10.6. The van der Waals surface area contributed by atoms with E-state index in [1.165, 1.54) is 0 Å². The number of benzene rings is 1. The molecule has 1 fully saturated rings. The second-order valence-corrected chi connectivity index (χ2v) is 3.85. The zero-order valence-corrected chi connectivity index (χ0v) is 8.63. The van der Waals surface area contributed by atoms with E-state index in [0.717, 1.165) is 5.56 Å². The maximum absolute atomic E-state index is 11.3. The zero-order chi connectivity index (χ0) is 11.5. The van der Waals surface area contributed by atoms with Crippen molar-refractivity contribution < 1.29 is 9.72 Å². The van der Waals surface area contributed by atoms with Crippen LogP contribution in [0.1, 0.15) is 24.4 Å². The molecule has 1 aromatic carbocycles. The van der Waals surface area contributed by atoms with Gasteiger partial charge in [0, 0.05) is 17.8 Å². The Kier molecular flexibility index (Phi) is 2.85. The molecular formula is C11H12N2O3. The molecule has 0 bridgehead atoms. The van der Waals surface area contributed by atoms with Crippen molar-refractivity contribution in [3.05, 3.63) is 46.0 Å². The molecule has 0 saturated carbocycles. The average Bonchev–Trinajstić information content (AvgIpc) is 2.29. The van der Waals surface area contributed by atoms with Gasteiger partial charge in [0.2, 0.25) is 11.9 Å². The Morgan fingerprint density at radius 2 is 2.00 bits per heavy atom. The summed E-state index contributed by atoms with van der Waals surface area (Å²) in [5.74, 6) is -0.119. The second kappa shape index (κ2) is 4.30. The SMILES string of the molecule is O=C1CC[C@@H]([N+](=O)[O-])[C@H](c2ccccc2)N1. The number of piperidine rings is 1. The summed E-state index contributed by atoms with van der Waals surface area (Å²) in [6.07, 6.45) is 0.535. The third-order valence-corrected chi connectivity index (χ3v) is 2.80. The highest BCUT2D eigenvalue weighted by molar-refractivity contribution is 5.77. The van der Waals surface area contributed by atoms with Crippen LogP contribution >= 0.6 is 0 Å². The monoisotopic (exact) mass is 220 g/mol. The lowest BCUT2D eigenvalue weighted by Crippen LogP contribution is -2.45. The van der Waals surface area contributed by atoms with Crippen molar-refractivity contribution in [2.75, 3.05) is 0 Å². The molecule has 1 aliphatic heterocycles. The minimum atomic E-state index is -0.722. The Morgan fingerprint density at radius 1 is 1.31 bits per heavy atom. The van der Waals surface area contributed by atoms with Gasteiger partial charge in [-0.05, 0) is 5.56 Å². The van der Waals surface area contributed by atoms with E-state index in [9.17, 15) is 14.9 Å². The summed E-state index contributed by atoms with van der Waals surface area (Å²) >= 11 is 0. The first-order valence-electron chi connectivity index (χ1n) is 5.16. The van der Waals surface area contributed by atoms with Crippen LogP contribution in [0.5, 0.6) is 0 Å². The number of hydrogen-bond acceptors (Lipinski definition) is 3. The molecule has 0 spiro atoms. The van der Waals surface area contributed by atoms with Gasteiger partial charge >= 0.3 is 0 Å². The molecule has 5 heteroatoms. The summed E-state index contributed by atoms with van der Waals surface area (Å²) in [5.41, 5.74) is 0.789. The van der Waals surface area contributed by atoms with Crippen LogP contribution in [-0.2, 0) is 4.79 Å². The predicted molar refractivity (Wildman–Crippen MR) is 57.3 cm³/mol. The molecule has 5 nitrogen and oxygen atoms in total. The van der Waals surface area contributed by atoms with Gasteiger partial charge in [-0.15, -0.1) is 0 Å². The fourth-order valence-corrected chi connectivity index (χ4v) is 1.98. The standard InChI is InChI=1S/C11H12N2O3/c14-10-7-6-9(13(15)16)11(12-10)8-4-2-1-3-5-8/h1-5,9,11H,6-7H2,(H,12,14)/t9-,11+/m1/s1. The lowest BCUT2D eigenvalue weighted by atomic mass is 9.92. The summed E-state index contributed by atoms with van der Waals surface area (Å²) in [6, 6.07) is 7.84. The van der Waals surface area contributed by atoms with Gasteiger partial charge in [0.1, 0.15) is 6.04 Å². The van der Waals surface area contributed by atoms with Gasteiger partial charge in [0.25, 0.3) is 0 Å². The van der Waals surface area contributed by atoms with Gasteiger partial charge in [-0.2, -0.15) is 0 Å². The smallest absolute Gasteiger partial charge is 0.237 e. The molecular weight excluding hydrogens is 208 g/mol. The molecule has 1 amide bonds. The lowest BCUT2D eigenvalue weighted by Gasteiger charge is -2.26. The molecule has 0 aliphatic carbocycles. The van der Waals surface area contributed by atoms with E-state index in [4.69, 9.17) is 0 Å². The van der Waals surface area contributed by atoms with Gasteiger partial charge in [-0.1, -0.05) is 30.3 Å². The van der Waals surface area contributed by atoms with E-state index in [-0.39, 0.29) is 17.3 Å². The van der Waals surface area contributed by atoms with Crippen LogP contribution in [0.3, 0.4) is 0 Å². The highest BCUT2D eigenvalue weighted by Gasteiger charge is 2.37. The maximum atomic E-state index is 11.3. The van der Waals surface area contributed by atoms with E-state index in [2.05, 4.69) is 5.32 Å². The molecule has 84 valence electrons. The van der Waals surface area contributed by atoms with Crippen molar-refractivity contribution in [3.63, 3.8) is 0 Å². The summed E-state index contributed by atoms with van der Waals surface area (Å²) in [7, 11) is 0. The van der Waals surface area contributed by atoms with Crippen LogP contribution in [0.4, 0.5) is 0 Å². The van der Waals surface area contributed by atoms with Gasteiger partial charge in [0.15, 0.2) is 0 Å². The van der Waals surface area contributed by atoms with Gasteiger partial charge in [-0.25, -0.2) is 0 Å². The predicted octanol–water partition coefficient (Wildman–Crippen LogP) is 1.28. The Hall–Kier alpha value is -1.91. The number of carbonyl (C=O) groups is 1. The molecule has 1 aromatic rings. The van der Waals surface area contributed by atoms with E-state index in [1.807, 2.05) is 18.2 Å². The molecule has 2 atom stereocenters. The van der Waals surface area contributed by atoms with Crippen molar-refractivity contribution in [1.29, 1.82) is 0 Å². The van der Waals surface area contributed by atoms with Gasteiger partial charge < -0.3 is 5.32 Å². The summed E-state index contributed by atoms with van der Waals surface area (Å²) in [4.78, 5) is 21.9. The van der Waals surface area contributed by atoms with Crippen molar-refractivity contribution in [3.8, 4) is 0 Å². The molecule has 16 heavy (non-hydrogen) atoms. The Labute approximate surface area is 92.6 Å². The van der Waals surface area contributed by atoms with E-state index in [0.29, 0.717) is 6.42 Å². The van der Waals surface area contributed by atoms with E-state index in [1.54, 1.807) is 12.1 Å². The second-order valence-electron chi connectivity index (χ2n) is 3.85. The molecule has 1 heterocycles. The molecule has 0 unspecified atom stereocenters. The van der Waals surface area contributed by atoms with Crippen LogP contribution in [0.2, 0.25) is 0 Å². The lowest BCUT2D eigenvalue weighted by molar-refractivity contribution is -0.529. The highest BCUT2D eigenvalue weighted by Crippen LogP contribution is 2.25. The Morgan fingerprint density at radius 3 is 2.62 bits per heavy atom. The number of rotatable bonds is 2. The fourth-order valence-electron chi connectivity index (χ4n) is 1.98. The topological polar surface area (TPSA) is 72.2 Å². The molecule has 1 saturated heterocycles. The number of hydrogen-bond donors (Lipinski definition) is 1. The summed E-state index contributed by atoms with van der Waals surface area (Å²) in [5, 5.41) is 13.6. The first-order chi connectivity index (χ1) is 7.68. The quantitative estimate of drug-likeness (QED) is 0.602. The summed E-state index contributed by atoms with van der Waals surface area (Å²) < 4.78 is 0. The fraction of sp³-hybridized carbons (Fsp3) is 0.364. The van der Waals surface area contributed by atoms with Crippen LogP contribution < -0.4 is 5.32 Å². The first-order valence-corrected chi connectivity index (χ1v) is 5.16. The largest absolute Gasteiger partial charge is 0.343 e. The van der Waals surface area contributed by atoms with Crippen LogP contribution in [0.15, 0.2) is 30.3 Å². The number of carbonyl (C=O) groups excluding carboxylic acids is 1. The third kappa shape index (κ3) is 2.03.